The molecule has 0 saturated carbocycles. The number of rotatable bonds is 11. The maximum Gasteiger partial charge on any atom is 0.246 e. The number of nitrogens with one attached hydrogen (secondary N) is 2. The number of unbranched alkanes of at least 4 members (excludes halogenated alkanes) is 1. The molecule has 10 nitrogen and oxygen atoms in total. The topological polar surface area (TPSA) is 117 Å². The van der Waals surface area contributed by atoms with Crippen LogP contribution in [0.3, 0.4) is 0 Å². The van der Waals surface area contributed by atoms with Crippen LogP contribution in [0.2, 0.25) is 0 Å². The summed E-state index contributed by atoms with van der Waals surface area (Å²) >= 11 is 0. The number of nitriles is 1. The van der Waals surface area contributed by atoms with Gasteiger partial charge in [-0.25, -0.2) is 4.98 Å². The summed E-state index contributed by atoms with van der Waals surface area (Å²) in [4.78, 5) is 39.4. The normalized spacial score (nSPS) is 13.2. The van der Waals surface area contributed by atoms with Crippen LogP contribution in [0.25, 0.3) is 0 Å². The molecular weight excluding hydrogens is 492 g/mol. The Hall–Kier alpha value is -4.41. The first-order valence-electron chi connectivity index (χ1n) is 13.0. The Morgan fingerprint density at radius 3 is 2.59 bits per heavy atom. The van der Waals surface area contributed by atoms with E-state index in [-0.39, 0.29) is 11.8 Å². The van der Waals surface area contributed by atoms with E-state index in [9.17, 15) is 9.59 Å². The second-order valence-electron chi connectivity index (χ2n) is 9.57. The predicted octanol–water partition coefficient (Wildman–Crippen LogP) is 2.51. The lowest BCUT2D eigenvalue weighted by Gasteiger charge is -2.32. The van der Waals surface area contributed by atoms with Gasteiger partial charge in [0.1, 0.15) is 11.9 Å². The number of nitrogens with zero attached hydrogens (tertiary/aromatic N) is 6. The van der Waals surface area contributed by atoms with Crippen molar-refractivity contribution in [2.45, 2.75) is 32.2 Å². The van der Waals surface area contributed by atoms with E-state index in [0.717, 1.165) is 36.6 Å². The van der Waals surface area contributed by atoms with Gasteiger partial charge in [0.15, 0.2) is 0 Å². The highest BCUT2D eigenvalue weighted by Gasteiger charge is 2.21. The third-order valence-corrected chi connectivity index (χ3v) is 6.23. The molecule has 1 atom stereocenters. The van der Waals surface area contributed by atoms with E-state index in [0.29, 0.717) is 37.4 Å². The Morgan fingerprint density at radius 1 is 1.21 bits per heavy atom. The molecule has 2 heterocycles. The first-order chi connectivity index (χ1) is 18.8. The predicted molar refractivity (Wildman–Crippen MR) is 152 cm³/mol. The van der Waals surface area contributed by atoms with Crippen molar-refractivity contribution in [1.29, 1.82) is 5.26 Å². The Kier molecular flexibility index (Phi) is 10.8. The maximum atomic E-state index is 12.5. The number of amides is 2. The summed E-state index contributed by atoms with van der Waals surface area (Å²) in [6.45, 7) is 4.69. The smallest absolute Gasteiger partial charge is 0.246 e. The highest BCUT2D eigenvalue weighted by atomic mass is 16.2. The molecule has 3 rings (SSSR count). The molecule has 0 bridgehead atoms. The van der Waals surface area contributed by atoms with Crippen molar-refractivity contribution in [3.05, 3.63) is 53.7 Å². The Bertz CT molecular complexity index is 1270. The number of benzene rings is 1. The van der Waals surface area contributed by atoms with Gasteiger partial charge in [-0.1, -0.05) is 17.9 Å². The van der Waals surface area contributed by atoms with Crippen LogP contribution in [0, 0.1) is 23.2 Å². The second kappa shape index (κ2) is 14.5. The Labute approximate surface area is 230 Å². The average Bonchev–Trinajstić information content (AvgIpc) is 2.89. The zero-order chi connectivity index (χ0) is 28.2. The number of hydrogen-bond donors (Lipinski definition) is 2. The molecule has 2 amide bonds. The molecule has 1 aromatic carbocycles. The number of aromatic nitrogens is 2. The van der Waals surface area contributed by atoms with Crippen LogP contribution in [0.4, 0.5) is 17.5 Å². The summed E-state index contributed by atoms with van der Waals surface area (Å²) in [7, 11) is 5.47. The monoisotopic (exact) mass is 528 g/mol. The molecule has 10 heteroatoms. The molecule has 1 aromatic heterocycles. The van der Waals surface area contributed by atoms with Gasteiger partial charge < -0.3 is 25.3 Å². The average molecular weight is 529 g/mol. The van der Waals surface area contributed by atoms with Crippen LogP contribution < -0.4 is 15.5 Å². The van der Waals surface area contributed by atoms with Crippen LogP contribution in [0.1, 0.15) is 37.3 Å². The summed E-state index contributed by atoms with van der Waals surface area (Å²) < 4.78 is 0. The van der Waals surface area contributed by atoms with E-state index < -0.39 is 6.04 Å². The van der Waals surface area contributed by atoms with Gasteiger partial charge in [-0.3, -0.25) is 9.59 Å². The van der Waals surface area contributed by atoms with Gasteiger partial charge in [0.2, 0.25) is 17.8 Å². The number of likely N-dealkylation sites (N-methyl/N-ethyl adjacent to an activating group) is 2. The van der Waals surface area contributed by atoms with Crippen molar-refractivity contribution >= 4 is 29.3 Å². The van der Waals surface area contributed by atoms with Crippen molar-refractivity contribution in [2.24, 2.45) is 0 Å². The van der Waals surface area contributed by atoms with Gasteiger partial charge in [0.05, 0.1) is 23.4 Å². The fourth-order valence-electron chi connectivity index (χ4n) is 3.59. The van der Waals surface area contributed by atoms with E-state index in [4.69, 9.17) is 5.26 Å². The van der Waals surface area contributed by atoms with Gasteiger partial charge in [-0.15, -0.1) is 0 Å². The van der Waals surface area contributed by atoms with E-state index >= 15 is 0 Å². The first-order valence-corrected chi connectivity index (χ1v) is 13.0. The minimum Gasteiger partial charge on any atom is -0.355 e. The summed E-state index contributed by atoms with van der Waals surface area (Å²) in [6, 6.07) is 8.65. The van der Waals surface area contributed by atoms with E-state index in [2.05, 4.69) is 43.4 Å². The zero-order valence-corrected chi connectivity index (χ0v) is 23.1. The molecule has 1 fully saturated rings. The number of hydrogen-bond acceptors (Lipinski definition) is 8. The SMILES string of the molecule is C[C@@H](C(=O)NCCCC#Cc1cnc(Nc2ccc(C#N)cc2)nc1N1CCC1)N(C)C(=O)/C=C/CN(C)C. The van der Waals surface area contributed by atoms with Crippen molar-refractivity contribution in [1.82, 2.24) is 25.1 Å². The maximum absolute atomic E-state index is 12.5. The quantitative estimate of drug-likeness (QED) is 0.260. The number of anilines is 3. The molecule has 2 aromatic rings. The molecule has 2 N–H and O–H groups in total. The fraction of sp³-hybridized carbons (Fsp3) is 0.414. The van der Waals surface area contributed by atoms with Crippen LogP contribution in [0.15, 0.2) is 42.6 Å². The zero-order valence-electron chi connectivity index (χ0n) is 23.1. The Morgan fingerprint density at radius 2 is 1.95 bits per heavy atom. The molecule has 0 aliphatic carbocycles. The number of carbonyl (C=O) groups is 2. The van der Waals surface area contributed by atoms with Gasteiger partial charge in [-0.05, 0) is 58.1 Å². The molecule has 0 radical (unpaired) electrons. The molecule has 1 saturated heterocycles. The van der Waals surface area contributed by atoms with Crippen LogP contribution in [-0.2, 0) is 9.59 Å². The van der Waals surface area contributed by atoms with Gasteiger partial charge >= 0.3 is 0 Å². The third kappa shape index (κ3) is 8.84. The second-order valence-corrected chi connectivity index (χ2v) is 9.57. The summed E-state index contributed by atoms with van der Waals surface area (Å²) in [6.07, 6.45) is 7.39. The standard InChI is InChI=1S/C29H36N8O2/c1-22(36(4)26(38)11-8-17-35(2)3)28(39)31-16-7-5-6-10-24-21-32-29(34-27(24)37-18-9-19-37)33-25-14-12-23(20-30)13-15-25/h8,11-15,21-22H,5,7,9,16-19H2,1-4H3,(H,31,39)(H,32,33,34)/b11-8+/t22-/m0/s1. The van der Waals surface area contributed by atoms with Crippen LogP contribution >= 0.6 is 0 Å². The minimum absolute atomic E-state index is 0.196. The largest absolute Gasteiger partial charge is 0.355 e. The first kappa shape index (κ1) is 29.2. The molecule has 39 heavy (non-hydrogen) atoms. The highest BCUT2D eigenvalue weighted by Crippen LogP contribution is 2.24. The summed E-state index contributed by atoms with van der Waals surface area (Å²) in [5, 5.41) is 15.0. The van der Waals surface area contributed by atoms with Gasteiger partial charge in [-0.2, -0.15) is 10.2 Å². The van der Waals surface area contributed by atoms with Crippen LogP contribution in [-0.4, -0.2) is 84.9 Å². The van der Waals surface area contributed by atoms with Crippen LogP contribution in [0.5, 0.6) is 0 Å². The van der Waals surface area contributed by atoms with Crippen molar-refractivity contribution in [3.8, 4) is 17.9 Å². The minimum atomic E-state index is -0.569. The van der Waals surface area contributed by atoms with Crippen molar-refractivity contribution in [2.75, 3.05) is 57.5 Å². The lowest BCUT2D eigenvalue weighted by Crippen LogP contribution is -2.45. The van der Waals surface area contributed by atoms with Gasteiger partial charge in [0.25, 0.3) is 0 Å². The molecule has 1 aliphatic heterocycles. The highest BCUT2D eigenvalue weighted by molar-refractivity contribution is 5.92. The van der Waals surface area contributed by atoms with Crippen molar-refractivity contribution in [3.63, 3.8) is 0 Å². The lowest BCUT2D eigenvalue weighted by molar-refractivity contribution is -0.135. The number of carbonyl (C=O) groups excluding carboxylic acids is 2. The third-order valence-electron chi connectivity index (χ3n) is 6.23. The van der Waals surface area contributed by atoms with E-state index in [1.165, 1.54) is 11.0 Å². The molecule has 0 unspecified atom stereocenters. The molecule has 0 spiro atoms. The van der Waals surface area contributed by atoms with E-state index in [1.54, 1.807) is 38.4 Å². The molecular formula is C29H36N8O2. The van der Waals surface area contributed by atoms with Crippen molar-refractivity contribution < 1.29 is 9.59 Å². The van der Waals surface area contributed by atoms with E-state index in [1.807, 2.05) is 31.1 Å². The molecule has 204 valence electrons. The van der Waals surface area contributed by atoms with Gasteiger partial charge in [0, 0.05) is 51.4 Å². The fourth-order valence-corrected chi connectivity index (χ4v) is 3.59. The molecule has 1 aliphatic rings. The lowest BCUT2D eigenvalue weighted by atomic mass is 10.2. The summed E-state index contributed by atoms with van der Waals surface area (Å²) in [5.74, 6) is 7.22. The Balaban J connectivity index is 1.50. The summed E-state index contributed by atoms with van der Waals surface area (Å²) in [5.41, 5.74) is 2.16.